The summed E-state index contributed by atoms with van der Waals surface area (Å²) >= 11 is 0. The summed E-state index contributed by atoms with van der Waals surface area (Å²) in [6.07, 6.45) is 2.02. The van der Waals surface area contributed by atoms with Crippen LogP contribution < -0.4 is 5.73 Å². The maximum atomic E-state index is 11.0. The van der Waals surface area contributed by atoms with Crippen LogP contribution in [0.15, 0.2) is 18.3 Å². The van der Waals surface area contributed by atoms with E-state index in [0.717, 1.165) is 5.56 Å². The van der Waals surface area contributed by atoms with Crippen molar-refractivity contribution in [1.82, 2.24) is 9.88 Å². The fourth-order valence-electron chi connectivity index (χ4n) is 2.12. The summed E-state index contributed by atoms with van der Waals surface area (Å²) in [5.74, 6) is -0.961. The van der Waals surface area contributed by atoms with Gasteiger partial charge >= 0.3 is 5.97 Å². The Morgan fingerprint density at radius 3 is 3.11 bits per heavy atom. The third-order valence-corrected chi connectivity index (χ3v) is 3.15. The highest BCUT2D eigenvalue weighted by Crippen LogP contribution is 2.21. The van der Waals surface area contributed by atoms with E-state index in [0.29, 0.717) is 31.7 Å². The molecule has 3 N–H and O–H groups in total. The fourth-order valence-corrected chi connectivity index (χ4v) is 2.12. The second-order valence-electron chi connectivity index (χ2n) is 4.58. The van der Waals surface area contributed by atoms with Gasteiger partial charge in [-0.1, -0.05) is 0 Å². The number of rotatable bonds is 3. The Hall–Kier alpha value is -1.97. The quantitative estimate of drug-likeness (QED) is 0.774. The Bertz CT molecular complexity index is 511. The van der Waals surface area contributed by atoms with Gasteiger partial charge in [-0.15, -0.1) is 0 Å². The Labute approximate surface area is 105 Å². The molecule has 1 aliphatic heterocycles. The number of aliphatic carboxylic acids is 1. The van der Waals surface area contributed by atoms with E-state index in [1.807, 2.05) is 17.0 Å². The van der Waals surface area contributed by atoms with Crippen LogP contribution in [0.3, 0.4) is 0 Å². The second-order valence-corrected chi connectivity index (χ2v) is 4.58. The summed E-state index contributed by atoms with van der Waals surface area (Å²) in [5, 5.41) is 17.8. The Kier molecular flexibility index (Phi) is 3.28. The molecule has 6 nitrogen and oxygen atoms in total. The number of likely N-dealkylation sites (tertiary alicyclic amines) is 1. The van der Waals surface area contributed by atoms with Crippen LogP contribution >= 0.6 is 0 Å². The number of carboxylic acid groups (broad SMARTS) is 1. The molecule has 0 radical (unpaired) electrons. The summed E-state index contributed by atoms with van der Waals surface area (Å²) in [5.41, 5.74) is 5.95. The molecule has 1 aromatic heterocycles. The summed E-state index contributed by atoms with van der Waals surface area (Å²) < 4.78 is 0. The predicted molar refractivity (Wildman–Crippen MR) is 63.4 cm³/mol. The van der Waals surface area contributed by atoms with E-state index in [1.165, 1.54) is 0 Å². The fraction of sp³-hybridized carbons (Fsp3) is 0.417. The standard InChI is InChI=1S/C12H14N4O2/c13-6-10-5-9(1-3-15-10)7-16-4-2-12(14,8-16)11(17)18/h1,3,5H,2,4,7-8,14H2,(H,17,18). The normalized spacial score (nSPS) is 23.8. The molecule has 0 amide bonds. The summed E-state index contributed by atoms with van der Waals surface area (Å²) in [7, 11) is 0. The van der Waals surface area contributed by atoms with Crippen molar-refractivity contribution in [2.75, 3.05) is 13.1 Å². The highest BCUT2D eigenvalue weighted by atomic mass is 16.4. The van der Waals surface area contributed by atoms with Gasteiger partial charge in [-0.3, -0.25) is 9.69 Å². The zero-order valence-electron chi connectivity index (χ0n) is 9.83. The maximum Gasteiger partial charge on any atom is 0.325 e. The van der Waals surface area contributed by atoms with E-state index in [2.05, 4.69) is 4.98 Å². The van der Waals surface area contributed by atoms with Crippen molar-refractivity contribution in [3.05, 3.63) is 29.6 Å². The number of hydrogen-bond acceptors (Lipinski definition) is 5. The first-order valence-corrected chi connectivity index (χ1v) is 5.63. The van der Waals surface area contributed by atoms with Crippen molar-refractivity contribution in [2.45, 2.75) is 18.5 Å². The van der Waals surface area contributed by atoms with Crippen LogP contribution in [-0.4, -0.2) is 39.6 Å². The lowest BCUT2D eigenvalue weighted by Gasteiger charge is -2.20. The van der Waals surface area contributed by atoms with E-state index >= 15 is 0 Å². The van der Waals surface area contributed by atoms with E-state index in [4.69, 9.17) is 16.1 Å². The molecule has 2 rings (SSSR count). The molecule has 0 spiro atoms. The van der Waals surface area contributed by atoms with Crippen LogP contribution in [0.5, 0.6) is 0 Å². The molecule has 2 heterocycles. The summed E-state index contributed by atoms with van der Waals surface area (Å²) in [4.78, 5) is 16.9. The molecule has 0 aliphatic carbocycles. The SMILES string of the molecule is N#Cc1cc(CN2CCC(N)(C(=O)O)C2)ccn1. The zero-order chi connectivity index (χ0) is 13.2. The van der Waals surface area contributed by atoms with Crippen LogP contribution in [0.25, 0.3) is 0 Å². The van der Waals surface area contributed by atoms with E-state index in [1.54, 1.807) is 12.3 Å². The van der Waals surface area contributed by atoms with E-state index in [9.17, 15) is 4.79 Å². The highest BCUT2D eigenvalue weighted by molar-refractivity contribution is 5.79. The molecule has 94 valence electrons. The molecule has 0 bridgehead atoms. The van der Waals surface area contributed by atoms with Gasteiger partial charge in [0.05, 0.1) is 0 Å². The monoisotopic (exact) mass is 246 g/mol. The number of aromatic nitrogens is 1. The first kappa shape index (κ1) is 12.5. The number of carboxylic acids is 1. The largest absolute Gasteiger partial charge is 0.480 e. The molecule has 1 saturated heterocycles. The molecule has 18 heavy (non-hydrogen) atoms. The third-order valence-electron chi connectivity index (χ3n) is 3.15. The molecule has 1 aromatic rings. The first-order valence-electron chi connectivity index (χ1n) is 5.63. The molecule has 6 heteroatoms. The number of hydrogen-bond donors (Lipinski definition) is 2. The van der Waals surface area contributed by atoms with Gasteiger partial charge in [0.1, 0.15) is 17.3 Å². The van der Waals surface area contributed by atoms with Crippen molar-refractivity contribution in [3.8, 4) is 6.07 Å². The maximum absolute atomic E-state index is 11.0. The zero-order valence-corrected chi connectivity index (χ0v) is 9.83. The summed E-state index contributed by atoms with van der Waals surface area (Å²) in [6.45, 7) is 1.56. The smallest absolute Gasteiger partial charge is 0.325 e. The minimum absolute atomic E-state index is 0.326. The molecule has 1 aliphatic rings. The Balaban J connectivity index is 2.04. The lowest BCUT2D eigenvalue weighted by Crippen LogP contribution is -2.50. The average Bonchev–Trinajstić information content (AvgIpc) is 2.72. The van der Waals surface area contributed by atoms with Crippen molar-refractivity contribution < 1.29 is 9.90 Å². The second kappa shape index (κ2) is 4.72. The summed E-state index contributed by atoms with van der Waals surface area (Å²) in [6, 6.07) is 5.50. The lowest BCUT2D eigenvalue weighted by molar-refractivity contribution is -0.142. The predicted octanol–water partition coefficient (Wildman–Crippen LogP) is -0.0589. The van der Waals surface area contributed by atoms with Crippen molar-refractivity contribution in [1.29, 1.82) is 5.26 Å². The third kappa shape index (κ3) is 2.47. The highest BCUT2D eigenvalue weighted by Gasteiger charge is 2.40. The topological polar surface area (TPSA) is 103 Å². The van der Waals surface area contributed by atoms with Crippen molar-refractivity contribution in [2.24, 2.45) is 5.73 Å². The van der Waals surface area contributed by atoms with Crippen molar-refractivity contribution in [3.63, 3.8) is 0 Å². The number of carbonyl (C=O) groups is 1. The van der Waals surface area contributed by atoms with Gasteiger partial charge in [-0.25, -0.2) is 4.98 Å². The van der Waals surface area contributed by atoms with Crippen LogP contribution in [-0.2, 0) is 11.3 Å². The van der Waals surface area contributed by atoms with E-state index < -0.39 is 11.5 Å². The molecular formula is C12H14N4O2. The van der Waals surface area contributed by atoms with Crippen molar-refractivity contribution >= 4 is 5.97 Å². The first-order chi connectivity index (χ1) is 8.53. The van der Waals surface area contributed by atoms with Gasteiger partial charge < -0.3 is 10.8 Å². The molecule has 1 unspecified atom stereocenters. The molecule has 0 aromatic carbocycles. The van der Waals surface area contributed by atoms with Gasteiger partial charge in [0.15, 0.2) is 0 Å². The van der Waals surface area contributed by atoms with Crippen LogP contribution in [0, 0.1) is 11.3 Å². The molecule has 1 atom stereocenters. The van der Waals surface area contributed by atoms with Crippen LogP contribution in [0.4, 0.5) is 0 Å². The van der Waals surface area contributed by atoms with Gasteiger partial charge in [-0.05, 0) is 24.1 Å². The minimum atomic E-state index is -1.15. The molecule has 1 fully saturated rings. The number of nitriles is 1. The molecular weight excluding hydrogens is 232 g/mol. The van der Waals surface area contributed by atoms with Gasteiger partial charge in [0.25, 0.3) is 0 Å². The van der Waals surface area contributed by atoms with Gasteiger partial charge in [0, 0.05) is 25.8 Å². The van der Waals surface area contributed by atoms with Crippen LogP contribution in [0.2, 0.25) is 0 Å². The Morgan fingerprint density at radius 2 is 2.50 bits per heavy atom. The van der Waals surface area contributed by atoms with Crippen LogP contribution in [0.1, 0.15) is 17.7 Å². The number of nitrogens with two attached hydrogens (primary N) is 1. The number of nitrogens with zero attached hydrogens (tertiary/aromatic N) is 3. The molecule has 0 saturated carbocycles. The number of pyridine rings is 1. The minimum Gasteiger partial charge on any atom is -0.480 e. The van der Waals surface area contributed by atoms with E-state index in [-0.39, 0.29) is 0 Å². The average molecular weight is 246 g/mol. The lowest BCUT2D eigenvalue weighted by atomic mass is 10.0. The Morgan fingerprint density at radius 1 is 1.72 bits per heavy atom. The van der Waals surface area contributed by atoms with Gasteiger partial charge in [-0.2, -0.15) is 5.26 Å². The van der Waals surface area contributed by atoms with Gasteiger partial charge in [0.2, 0.25) is 0 Å².